The topological polar surface area (TPSA) is 38.7 Å². The van der Waals surface area contributed by atoms with Crippen LogP contribution in [0.2, 0.25) is 0 Å². The maximum absolute atomic E-state index is 9.03. The van der Waals surface area contributed by atoms with E-state index in [0.717, 1.165) is 13.0 Å². The van der Waals surface area contributed by atoms with E-state index in [2.05, 4.69) is 0 Å². The molecule has 0 aliphatic heterocycles. The van der Waals surface area contributed by atoms with Crippen LogP contribution in [0, 0.1) is 6.61 Å². The van der Waals surface area contributed by atoms with Crippen LogP contribution in [0.3, 0.4) is 0 Å². The monoisotopic (exact) mass is 209 g/mol. The van der Waals surface area contributed by atoms with Gasteiger partial charge in [0.1, 0.15) is 6.61 Å². The van der Waals surface area contributed by atoms with Crippen molar-refractivity contribution in [1.82, 2.24) is 0 Å². The predicted molar refractivity (Wildman–Crippen MR) is 58.7 cm³/mol. The van der Waals surface area contributed by atoms with Crippen molar-refractivity contribution in [3.63, 3.8) is 0 Å². The number of hydrogen-bond donors (Lipinski definition) is 1. The second-order valence-electron chi connectivity index (χ2n) is 3.09. The van der Waals surface area contributed by atoms with Crippen LogP contribution in [-0.4, -0.2) is 18.3 Å². The van der Waals surface area contributed by atoms with Crippen molar-refractivity contribution in [3.8, 4) is 11.5 Å². The van der Waals surface area contributed by atoms with Crippen LogP contribution in [0.25, 0.3) is 0 Å². The third-order valence-electron chi connectivity index (χ3n) is 1.90. The van der Waals surface area contributed by atoms with Crippen molar-refractivity contribution >= 4 is 0 Å². The molecule has 0 amide bonds. The Hall–Kier alpha value is -1.22. The van der Waals surface area contributed by atoms with Gasteiger partial charge in [-0.2, -0.15) is 0 Å². The highest BCUT2D eigenvalue weighted by Crippen LogP contribution is 2.31. The van der Waals surface area contributed by atoms with Crippen molar-refractivity contribution in [2.75, 3.05) is 13.2 Å². The average Bonchev–Trinajstić information content (AvgIpc) is 2.28. The minimum absolute atomic E-state index is 0.549. The summed E-state index contributed by atoms with van der Waals surface area (Å²) in [4.78, 5) is 0. The zero-order valence-electron chi connectivity index (χ0n) is 9.19. The molecule has 1 aromatic carbocycles. The van der Waals surface area contributed by atoms with E-state index >= 15 is 0 Å². The Morgan fingerprint density at radius 2 is 2.07 bits per heavy atom. The summed E-state index contributed by atoms with van der Waals surface area (Å²) < 4.78 is 11.0. The molecule has 0 aliphatic rings. The molecule has 3 heteroatoms. The van der Waals surface area contributed by atoms with Gasteiger partial charge in [0.15, 0.2) is 11.5 Å². The Morgan fingerprint density at radius 3 is 2.67 bits per heavy atom. The van der Waals surface area contributed by atoms with Crippen LogP contribution in [0.15, 0.2) is 18.2 Å². The minimum atomic E-state index is 0.549. The number of rotatable bonds is 6. The van der Waals surface area contributed by atoms with Crippen molar-refractivity contribution in [2.45, 2.75) is 20.3 Å². The van der Waals surface area contributed by atoms with Gasteiger partial charge in [0.25, 0.3) is 0 Å². The van der Waals surface area contributed by atoms with E-state index in [9.17, 15) is 0 Å². The van der Waals surface area contributed by atoms with E-state index in [4.69, 9.17) is 14.6 Å². The van der Waals surface area contributed by atoms with Crippen LogP contribution >= 0.6 is 0 Å². The molecule has 0 fully saturated rings. The Labute approximate surface area is 90.6 Å². The molecule has 1 rings (SSSR count). The molecule has 0 aliphatic carbocycles. The quantitative estimate of drug-likeness (QED) is 0.783. The maximum Gasteiger partial charge on any atom is 0.167 e. The van der Waals surface area contributed by atoms with E-state index in [-0.39, 0.29) is 0 Å². The molecule has 0 heterocycles. The summed E-state index contributed by atoms with van der Waals surface area (Å²) in [5.41, 5.74) is 0.644. The lowest BCUT2D eigenvalue weighted by Crippen LogP contribution is -2.02. The highest BCUT2D eigenvalue weighted by Gasteiger charge is 2.09. The summed E-state index contributed by atoms with van der Waals surface area (Å²) in [5.74, 6) is 1.29. The first-order valence-electron chi connectivity index (χ1n) is 5.19. The van der Waals surface area contributed by atoms with Crippen LogP contribution in [0.4, 0.5) is 0 Å². The zero-order chi connectivity index (χ0) is 11.1. The molecule has 0 aromatic heterocycles. The Balaban J connectivity index is 2.90. The largest absolute Gasteiger partial charge is 0.490 e. The third kappa shape index (κ3) is 3.13. The molecule has 3 nitrogen and oxygen atoms in total. The van der Waals surface area contributed by atoms with Crippen LogP contribution in [0.1, 0.15) is 25.8 Å². The van der Waals surface area contributed by atoms with Crippen molar-refractivity contribution in [1.29, 1.82) is 0 Å². The Bertz CT molecular complexity index is 297. The fraction of sp³-hybridized carbons (Fsp3) is 0.417. The van der Waals surface area contributed by atoms with E-state index in [1.807, 2.05) is 26.0 Å². The van der Waals surface area contributed by atoms with Gasteiger partial charge >= 0.3 is 0 Å². The normalized spacial score (nSPS) is 10.1. The molecule has 0 unspecified atom stereocenters. The molecule has 83 valence electrons. The first-order valence-corrected chi connectivity index (χ1v) is 5.19. The molecule has 15 heavy (non-hydrogen) atoms. The molecular formula is C12H17O3. The van der Waals surface area contributed by atoms with Crippen LogP contribution in [0.5, 0.6) is 11.5 Å². The summed E-state index contributed by atoms with van der Waals surface area (Å²) in [7, 11) is 0. The summed E-state index contributed by atoms with van der Waals surface area (Å²) in [5, 5.41) is 9.03. The van der Waals surface area contributed by atoms with Gasteiger partial charge in [0.05, 0.1) is 13.2 Å². The molecule has 0 atom stereocenters. The standard InChI is InChI=1S/C12H17O3/c1-3-8-15-11-7-5-6-10(9-13)12(11)14-4-2/h5-7,9,13H,3-4,8H2,1-2H3. The zero-order valence-corrected chi connectivity index (χ0v) is 9.19. The lowest BCUT2D eigenvalue weighted by Gasteiger charge is -2.13. The van der Waals surface area contributed by atoms with Crippen molar-refractivity contribution in [3.05, 3.63) is 30.4 Å². The van der Waals surface area contributed by atoms with Gasteiger partial charge in [-0.15, -0.1) is 0 Å². The van der Waals surface area contributed by atoms with E-state index in [0.29, 0.717) is 30.3 Å². The van der Waals surface area contributed by atoms with Crippen molar-refractivity contribution in [2.24, 2.45) is 0 Å². The average molecular weight is 209 g/mol. The number of aliphatic hydroxyl groups excluding tert-OH is 1. The van der Waals surface area contributed by atoms with E-state index in [1.165, 1.54) is 0 Å². The summed E-state index contributed by atoms with van der Waals surface area (Å²) in [6.45, 7) is 6.17. The molecule has 0 saturated carbocycles. The molecular weight excluding hydrogens is 192 g/mol. The summed E-state index contributed by atoms with van der Waals surface area (Å²) in [6, 6.07) is 5.45. The fourth-order valence-electron chi connectivity index (χ4n) is 1.26. The molecule has 0 spiro atoms. The van der Waals surface area contributed by atoms with Gasteiger partial charge in [0, 0.05) is 5.56 Å². The predicted octanol–water partition coefficient (Wildman–Crippen LogP) is 2.76. The van der Waals surface area contributed by atoms with Gasteiger partial charge in [-0.25, -0.2) is 0 Å². The van der Waals surface area contributed by atoms with Crippen LogP contribution in [-0.2, 0) is 0 Å². The minimum Gasteiger partial charge on any atom is -0.490 e. The van der Waals surface area contributed by atoms with Crippen molar-refractivity contribution < 1.29 is 14.6 Å². The lowest BCUT2D eigenvalue weighted by molar-refractivity contribution is 0.273. The second-order valence-corrected chi connectivity index (χ2v) is 3.09. The van der Waals surface area contributed by atoms with Gasteiger partial charge in [-0.3, -0.25) is 0 Å². The number of benzene rings is 1. The maximum atomic E-state index is 9.03. The first kappa shape index (κ1) is 11.9. The SMILES string of the molecule is CCCOc1cccc([CH]O)c1OCC. The highest BCUT2D eigenvalue weighted by molar-refractivity contribution is 5.48. The van der Waals surface area contributed by atoms with E-state index < -0.39 is 0 Å². The molecule has 1 radical (unpaired) electrons. The molecule has 0 saturated heterocycles. The highest BCUT2D eigenvalue weighted by atomic mass is 16.5. The lowest BCUT2D eigenvalue weighted by atomic mass is 10.2. The molecule has 1 N–H and O–H groups in total. The molecule has 1 aromatic rings. The number of aliphatic hydroxyl groups is 1. The molecule has 0 bridgehead atoms. The number of hydrogen-bond acceptors (Lipinski definition) is 3. The smallest absolute Gasteiger partial charge is 0.167 e. The van der Waals surface area contributed by atoms with Crippen LogP contribution < -0.4 is 9.47 Å². The van der Waals surface area contributed by atoms with Gasteiger partial charge in [-0.05, 0) is 19.4 Å². The first-order chi connectivity index (χ1) is 7.33. The number of para-hydroxylation sites is 1. The van der Waals surface area contributed by atoms with Gasteiger partial charge in [0.2, 0.25) is 0 Å². The van der Waals surface area contributed by atoms with Gasteiger partial charge < -0.3 is 14.6 Å². The number of ether oxygens (including phenoxy) is 2. The fourth-order valence-corrected chi connectivity index (χ4v) is 1.26. The summed E-state index contributed by atoms with van der Waals surface area (Å²) >= 11 is 0. The van der Waals surface area contributed by atoms with E-state index in [1.54, 1.807) is 6.07 Å². The third-order valence-corrected chi connectivity index (χ3v) is 1.90. The van der Waals surface area contributed by atoms with Gasteiger partial charge in [-0.1, -0.05) is 19.1 Å². The Kier molecular flexibility index (Phi) is 4.98. The second kappa shape index (κ2) is 6.30. The summed E-state index contributed by atoms with van der Waals surface area (Å²) in [6.07, 6.45) is 0.943. The Morgan fingerprint density at radius 1 is 1.27 bits per heavy atom.